The number of nitrogens with zero attached hydrogens (tertiary/aromatic N) is 2. The van der Waals surface area contributed by atoms with Crippen LogP contribution in [0.2, 0.25) is 0 Å². The average molecular weight is 291 g/mol. The van der Waals surface area contributed by atoms with Gasteiger partial charge in [-0.3, -0.25) is 9.59 Å². The van der Waals surface area contributed by atoms with E-state index in [-0.39, 0.29) is 11.3 Å². The molecule has 1 aromatic rings. The maximum atomic E-state index is 12.4. The molecular weight excluding hydrogens is 270 g/mol. The van der Waals surface area contributed by atoms with E-state index in [9.17, 15) is 14.7 Å². The topological polar surface area (TPSA) is 84.2 Å². The number of carboxylic acid groups (broad SMARTS) is 1. The number of carbonyl (C=O) groups excluding carboxylic acids is 1. The van der Waals surface area contributed by atoms with Crippen molar-refractivity contribution >= 4 is 11.9 Å². The van der Waals surface area contributed by atoms with E-state index in [1.165, 1.54) is 0 Å². The van der Waals surface area contributed by atoms with Crippen LogP contribution in [0.3, 0.4) is 0 Å². The van der Waals surface area contributed by atoms with Crippen molar-refractivity contribution in [2.75, 3.05) is 0 Å². The fourth-order valence-corrected chi connectivity index (χ4v) is 3.79. The fraction of sp³-hybridized carbons (Fsp3) is 0.667. The highest BCUT2D eigenvalue weighted by atomic mass is 16.4. The molecule has 2 aliphatic carbocycles. The molecule has 1 spiro atoms. The Kier molecular flexibility index (Phi) is 3.26. The summed E-state index contributed by atoms with van der Waals surface area (Å²) >= 11 is 0. The highest BCUT2D eigenvalue weighted by Crippen LogP contribution is 2.64. The van der Waals surface area contributed by atoms with Crippen LogP contribution in [0.5, 0.6) is 0 Å². The maximum absolute atomic E-state index is 12.4. The number of carbonyl (C=O) groups is 2. The SMILES string of the molecule is CCn1cncc1CNC(=O)C1(C(=O)O)CC2(CCC2)C1. The predicted octanol–water partition coefficient (Wildman–Crippen LogP) is 1.55. The minimum absolute atomic E-state index is 0.140. The predicted molar refractivity (Wildman–Crippen MR) is 75.3 cm³/mol. The first kappa shape index (κ1) is 14.1. The molecule has 1 amide bonds. The van der Waals surface area contributed by atoms with E-state index >= 15 is 0 Å². The Morgan fingerprint density at radius 3 is 2.67 bits per heavy atom. The molecule has 0 aromatic carbocycles. The zero-order chi connectivity index (χ0) is 15.1. The summed E-state index contributed by atoms with van der Waals surface area (Å²) in [5.74, 6) is -1.34. The van der Waals surface area contributed by atoms with Crippen molar-refractivity contribution in [3.8, 4) is 0 Å². The van der Waals surface area contributed by atoms with Crippen LogP contribution in [-0.4, -0.2) is 26.5 Å². The van der Waals surface area contributed by atoms with Gasteiger partial charge in [-0.2, -0.15) is 0 Å². The number of hydrogen-bond acceptors (Lipinski definition) is 3. The van der Waals surface area contributed by atoms with Crippen LogP contribution >= 0.6 is 0 Å². The van der Waals surface area contributed by atoms with Crippen LogP contribution < -0.4 is 5.32 Å². The third-order valence-electron chi connectivity index (χ3n) is 5.18. The largest absolute Gasteiger partial charge is 0.480 e. The third kappa shape index (κ3) is 2.13. The van der Waals surface area contributed by atoms with E-state index in [2.05, 4.69) is 10.3 Å². The second kappa shape index (κ2) is 4.86. The summed E-state index contributed by atoms with van der Waals surface area (Å²) in [5, 5.41) is 12.3. The van der Waals surface area contributed by atoms with Crippen LogP contribution in [0, 0.1) is 10.8 Å². The van der Waals surface area contributed by atoms with Crippen molar-refractivity contribution in [3.63, 3.8) is 0 Å². The van der Waals surface area contributed by atoms with Gasteiger partial charge in [-0.1, -0.05) is 6.42 Å². The molecule has 2 N–H and O–H groups in total. The van der Waals surface area contributed by atoms with E-state index in [1.54, 1.807) is 12.5 Å². The first-order valence-corrected chi connectivity index (χ1v) is 7.52. The van der Waals surface area contributed by atoms with E-state index in [1.807, 2.05) is 11.5 Å². The molecule has 0 bridgehead atoms. The molecule has 6 nitrogen and oxygen atoms in total. The minimum atomic E-state index is -1.21. The second-order valence-corrected chi connectivity index (χ2v) is 6.45. The van der Waals surface area contributed by atoms with Gasteiger partial charge in [-0.25, -0.2) is 4.98 Å². The average Bonchev–Trinajstić information content (AvgIpc) is 2.80. The Bertz CT molecular complexity index is 566. The normalized spacial score (nSPS) is 21.4. The molecule has 0 aliphatic heterocycles. The lowest BCUT2D eigenvalue weighted by Gasteiger charge is -2.58. The zero-order valence-corrected chi connectivity index (χ0v) is 12.3. The van der Waals surface area contributed by atoms with Crippen molar-refractivity contribution in [3.05, 3.63) is 18.2 Å². The van der Waals surface area contributed by atoms with E-state index in [0.29, 0.717) is 19.4 Å². The third-order valence-corrected chi connectivity index (χ3v) is 5.18. The molecule has 1 heterocycles. The summed E-state index contributed by atoms with van der Waals surface area (Å²) in [6.45, 7) is 3.10. The van der Waals surface area contributed by atoms with Crippen LogP contribution in [-0.2, 0) is 22.7 Å². The number of nitrogens with one attached hydrogen (secondary N) is 1. The smallest absolute Gasteiger partial charge is 0.319 e. The number of amides is 1. The molecule has 2 saturated carbocycles. The Morgan fingerprint density at radius 2 is 2.14 bits per heavy atom. The number of aryl methyl sites for hydroxylation is 1. The first-order chi connectivity index (χ1) is 10.0. The van der Waals surface area contributed by atoms with Gasteiger partial charge < -0.3 is 15.0 Å². The van der Waals surface area contributed by atoms with Gasteiger partial charge in [0.1, 0.15) is 5.41 Å². The van der Waals surface area contributed by atoms with E-state index in [4.69, 9.17) is 0 Å². The van der Waals surface area contributed by atoms with Gasteiger partial charge in [0.15, 0.2) is 0 Å². The first-order valence-electron chi connectivity index (χ1n) is 7.52. The Labute approximate surface area is 123 Å². The van der Waals surface area contributed by atoms with Crippen molar-refractivity contribution in [2.45, 2.75) is 52.1 Å². The second-order valence-electron chi connectivity index (χ2n) is 6.45. The molecule has 114 valence electrons. The summed E-state index contributed by atoms with van der Waals surface area (Å²) < 4.78 is 1.93. The van der Waals surface area contributed by atoms with E-state index in [0.717, 1.165) is 31.5 Å². The molecule has 21 heavy (non-hydrogen) atoms. The summed E-state index contributed by atoms with van der Waals surface area (Å²) in [6, 6.07) is 0. The zero-order valence-electron chi connectivity index (χ0n) is 12.3. The van der Waals surface area contributed by atoms with Crippen molar-refractivity contribution in [2.24, 2.45) is 10.8 Å². The summed E-state index contributed by atoms with van der Waals surface area (Å²) in [6.07, 6.45) is 7.69. The van der Waals surface area contributed by atoms with Gasteiger partial charge in [0.25, 0.3) is 0 Å². The van der Waals surface area contributed by atoms with Gasteiger partial charge in [0.05, 0.1) is 18.6 Å². The lowest BCUT2D eigenvalue weighted by Crippen LogP contribution is -2.61. The number of hydrogen-bond donors (Lipinski definition) is 2. The molecule has 0 atom stereocenters. The molecule has 0 unspecified atom stereocenters. The minimum Gasteiger partial charge on any atom is -0.480 e. The molecule has 2 fully saturated rings. The van der Waals surface area contributed by atoms with Crippen LogP contribution in [0.1, 0.15) is 44.7 Å². The Hall–Kier alpha value is -1.85. The lowest BCUT2D eigenvalue weighted by molar-refractivity contribution is -0.181. The van der Waals surface area contributed by atoms with Gasteiger partial charge in [0.2, 0.25) is 5.91 Å². The van der Waals surface area contributed by atoms with Gasteiger partial charge in [-0.05, 0) is 38.0 Å². The lowest BCUT2D eigenvalue weighted by atomic mass is 9.45. The summed E-state index contributed by atoms with van der Waals surface area (Å²) in [5.41, 5.74) is -0.178. The molecule has 6 heteroatoms. The summed E-state index contributed by atoms with van der Waals surface area (Å²) in [7, 11) is 0. The molecule has 2 aliphatic rings. The number of aliphatic carboxylic acids is 1. The van der Waals surface area contributed by atoms with Crippen molar-refractivity contribution in [1.82, 2.24) is 14.9 Å². The Morgan fingerprint density at radius 1 is 1.43 bits per heavy atom. The highest BCUT2D eigenvalue weighted by Gasteiger charge is 2.64. The molecule has 1 aromatic heterocycles. The highest BCUT2D eigenvalue weighted by molar-refractivity contribution is 6.03. The fourth-order valence-electron chi connectivity index (χ4n) is 3.79. The number of imidazole rings is 1. The molecule has 0 saturated heterocycles. The molecule has 3 rings (SSSR count). The van der Waals surface area contributed by atoms with Crippen LogP contribution in [0.15, 0.2) is 12.5 Å². The molecule has 0 radical (unpaired) electrons. The van der Waals surface area contributed by atoms with Crippen molar-refractivity contribution in [1.29, 1.82) is 0 Å². The summed E-state index contributed by atoms with van der Waals surface area (Å²) in [4.78, 5) is 28.0. The monoisotopic (exact) mass is 291 g/mol. The number of rotatable bonds is 5. The van der Waals surface area contributed by atoms with Crippen LogP contribution in [0.25, 0.3) is 0 Å². The standard InChI is InChI=1S/C15H21N3O3/c1-2-18-10-16-6-11(18)7-17-12(19)15(13(20)21)8-14(9-15)4-3-5-14/h6,10H,2-5,7-9H2,1H3,(H,17,19)(H,20,21). The molecular formula is C15H21N3O3. The maximum Gasteiger partial charge on any atom is 0.319 e. The van der Waals surface area contributed by atoms with E-state index < -0.39 is 11.4 Å². The van der Waals surface area contributed by atoms with Crippen molar-refractivity contribution < 1.29 is 14.7 Å². The number of aromatic nitrogens is 2. The van der Waals surface area contributed by atoms with Gasteiger partial charge in [-0.15, -0.1) is 0 Å². The number of carboxylic acids is 1. The van der Waals surface area contributed by atoms with Gasteiger partial charge >= 0.3 is 5.97 Å². The van der Waals surface area contributed by atoms with Gasteiger partial charge in [0, 0.05) is 12.7 Å². The Balaban J connectivity index is 1.65. The van der Waals surface area contributed by atoms with Crippen LogP contribution in [0.4, 0.5) is 0 Å². The quantitative estimate of drug-likeness (QED) is 0.806.